The Hall–Kier alpha value is -2.17. The molecule has 0 saturated carbocycles. The fourth-order valence-corrected chi connectivity index (χ4v) is 3.18. The van der Waals surface area contributed by atoms with Crippen LogP contribution >= 0.6 is 0 Å². The lowest BCUT2D eigenvalue weighted by atomic mass is 10.3. The van der Waals surface area contributed by atoms with E-state index in [-0.39, 0.29) is 21.3 Å². The predicted molar refractivity (Wildman–Crippen MR) is 85.8 cm³/mol. The molecule has 2 aromatic carbocycles. The van der Waals surface area contributed by atoms with Crippen LogP contribution in [0.15, 0.2) is 58.3 Å². The van der Waals surface area contributed by atoms with Crippen LogP contribution in [0.4, 0.5) is 0 Å². The number of hydrogen-bond acceptors (Lipinski definition) is 8. The van der Waals surface area contributed by atoms with Crippen LogP contribution in [0.5, 0.6) is 11.5 Å². The second kappa shape index (κ2) is 8.28. The quantitative estimate of drug-likeness (QED) is 0.473. The molecule has 0 radical (unpaired) electrons. The van der Waals surface area contributed by atoms with Gasteiger partial charge in [0.2, 0.25) is 22.4 Å². The van der Waals surface area contributed by atoms with Crippen LogP contribution in [-0.2, 0) is 9.84 Å². The van der Waals surface area contributed by atoms with Gasteiger partial charge in [-0.1, -0.05) is 0 Å². The average Bonchev–Trinajstić information content (AvgIpc) is 2.62. The van der Waals surface area contributed by atoms with Crippen LogP contribution in [0, 0.1) is 0 Å². The molecule has 0 aromatic heterocycles. The molecular weight excluding hydrogens is 352 g/mol. The third kappa shape index (κ3) is 4.91. The van der Waals surface area contributed by atoms with Gasteiger partial charge in [0, 0.05) is 0 Å². The van der Waals surface area contributed by atoms with Crippen LogP contribution in [0.2, 0.25) is 0 Å². The second-order valence-electron chi connectivity index (χ2n) is 4.96. The van der Waals surface area contributed by atoms with E-state index in [4.69, 9.17) is 19.7 Å². The Morgan fingerprint density at radius 1 is 0.720 bits per heavy atom. The van der Waals surface area contributed by atoms with Gasteiger partial charge in [-0.25, -0.2) is 8.42 Å². The number of hydrogen-bond donors (Lipinski definition) is 4. The van der Waals surface area contributed by atoms with Gasteiger partial charge in [-0.05, 0) is 48.5 Å². The zero-order valence-corrected chi connectivity index (χ0v) is 13.8. The first-order valence-corrected chi connectivity index (χ1v) is 8.71. The van der Waals surface area contributed by atoms with Crippen LogP contribution in [0.25, 0.3) is 0 Å². The smallest absolute Gasteiger partial charge is 0.220 e. The van der Waals surface area contributed by atoms with E-state index in [1.165, 1.54) is 48.5 Å². The molecular formula is C16H18O8S. The van der Waals surface area contributed by atoms with Crippen molar-refractivity contribution >= 4 is 9.84 Å². The van der Waals surface area contributed by atoms with Gasteiger partial charge in [0.25, 0.3) is 0 Å². The van der Waals surface area contributed by atoms with Crippen molar-refractivity contribution in [3.63, 3.8) is 0 Å². The molecule has 4 N–H and O–H groups in total. The number of aliphatic hydroxyl groups excluding tert-OH is 4. The minimum atomic E-state index is -3.78. The van der Waals surface area contributed by atoms with Crippen molar-refractivity contribution in [1.29, 1.82) is 0 Å². The summed E-state index contributed by atoms with van der Waals surface area (Å²) in [7, 11) is -3.78. The first-order valence-electron chi connectivity index (χ1n) is 7.23. The molecule has 0 spiro atoms. The first kappa shape index (κ1) is 19.2. The van der Waals surface area contributed by atoms with Crippen molar-refractivity contribution in [2.24, 2.45) is 0 Å². The molecule has 0 bridgehead atoms. The minimum Gasteiger partial charge on any atom is -0.463 e. The SMILES string of the molecule is O=S(=O)(c1ccc(OC(O)CO)cc1)c1ccc(OC(O)CO)cc1. The Morgan fingerprint density at radius 3 is 1.32 bits per heavy atom. The van der Waals surface area contributed by atoms with E-state index in [1.54, 1.807) is 0 Å². The van der Waals surface area contributed by atoms with E-state index >= 15 is 0 Å². The molecule has 2 rings (SSSR count). The fraction of sp³-hybridized carbons (Fsp3) is 0.250. The maximum atomic E-state index is 12.6. The summed E-state index contributed by atoms with van der Waals surface area (Å²) in [4.78, 5) is 0.0322. The Morgan fingerprint density at radius 2 is 1.04 bits per heavy atom. The zero-order valence-electron chi connectivity index (χ0n) is 13.0. The van der Waals surface area contributed by atoms with E-state index in [9.17, 15) is 18.6 Å². The lowest BCUT2D eigenvalue weighted by Gasteiger charge is -2.12. The van der Waals surface area contributed by atoms with Crippen LogP contribution < -0.4 is 9.47 Å². The molecule has 0 fully saturated rings. The largest absolute Gasteiger partial charge is 0.463 e. The fourth-order valence-electron chi connectivity index (χ4n) is 1.92. The van der Waals surface area contributed by atoms with E-state index in [0.717, 1.165) is 0 Å². The molecule has 0 saturated heterocycles. The average molecular weight is 370 g/mol. The van der Waals surface area contributed by atoms with E-state index < -0.39 is 35.6 Å². The molecule has 136 valence electrons. The number of ether oxygens (including phenoxy) is 2. The van der Waals surface area contributed by atoms with Gasteiger partial charge >= 0.3 is 0 Å². The molecule has 2 aromatic rings. The highest BCUT2D eigenvalue weighted by Gasteiger charge is 2.18. The standard InChI is InChI=1S/C16H18O8S/c17-9-15(19)23-11-1-5-13(6-2-11)25(21,22)14-7-3-12(4-8-14)24-16(20)10-18/h1-8,15-20H,9-10H2. The van der Waals surface area contributed by atoms with Crippen LogP contribution in [0.3, 0.4) is 0 Å². The minimum absolute atomic E-state index is 0.0161. The van der Waals surface area contributed by atoms with Crippen molar-refractivity contribution in [2.75, 3.05) is 13.2 Å². The summed E-state index contributed by atoms with van der Waals surface area (Å²) in [6.45, 7) is -1.17. The summed E-state index contributed by atoms with van der Waals surface area (Å²) in [5, 5.41) is 35.8. The van der Waals surface area contributed by atoms with E-state index in [1.807, 2.05) is 0 Å². The van der Waals surface area contributed by atoms with Crippen molar-refractivity contribution in [2.45, 2.75) is 22.4 Å². The molecule has 0 aliphatic heterocycles. The summed E-state index contributed by atoms with van der Waals surface area (Å²) in [6.07, 6.45) is -2.77. The Labute approximate surface area is 144 Å². The topological polar surface area (TPSA) is 134 Å². The summed E-state index contributed by atoms with van der Waals surface area (Å²) in [5.74, 6) is 0.421. The third-order valence-electron chi connectivity index (χ3n) is 3.12. The highest BCUT2D eigenvalue weighted by molar-refractivity contribution is 7.91. The molecule has 0 aliphatic rings. The Kier molecular flexibility index (Phi) is 6.34. The third-order valence-corrected chi connectivity index (χ3v) is 4.91. The monoisotopic (exact) mass is 370 g/mol. The van der Waals surface area contributed by atoms with Gasteiger partial charge in [-0.2, -0.15) is 0 Å². The van der Waals surface area contributed by atoms with Gasteiger partial charge in [0.1, 0.15) is 24.7 Å². The van der Waals surface area contributed by atoms with Gasteiger partial charge in [0.05, 0.1) is 9.79 Å². The maximum absolute atomic E-state index is 12.6. The number of benzene rings is 2. The molecule has 8 nitrogen and oxygen atoms in total. The Bertz CT molecular complexity index is 709. The molecule has 25 heavy (non-hydrogen) atoms. The van der Waals surface area contributed by atoms with Crippen molar-refractivity contribution < 1.29 is 38.3 Å². The molecule has 0 aliphatic carbocycles. The van der Waals surface area contributed by atoms with Gasteiger partial charge < -0.3 is 29.9 Å². The maximum Gasteiger partial charge on any atom is 0.220 e. The van der Waals surface area contributed by atoms with Crippen molar-refractivity contribution in [3.05, 3.63) is 48.5 Å². The molecule has 9 heteroatoms. The summed E-state index contributed by atoms with van der Waals surface area (Å²) < 4.78 is 35.0. The van der Waals surface area contributed by atoms with E-state index in [2.05, 4.69) is 0 Å². The predicted octanol–water partition coefficient (Wildman–Crippen LogP) is -0.102. The normalized spacial score (nSPS) is 13.9. The highest BCUT2D eigenvalue weighted by Crippen LogP contribution is 2.25. The van der Waals surface area contributed by atoms with Crippen LogP contribution in [0.1, 0.15) is 0 Å². The number of aliphatic hydroxyl groups is 4. The zero-order chi connectivity index (χ0) is 18.4. The molecule has 2 unspecified atom stereocenters. The summed E-state index contributed by atoms with van der Waals surface area (Å²) >= 11 is 0. The number of sulfone groups is 1. The highest BCUT2D eigenvalue weighted by atomic mass is 32.2. The van der Waals surface area contributed by atoms with Crippen molar-refractivity contribution in [1.82, 2.24) is 0 Å². The molecule has 0 amide bonds. The van der Waals surface area contributed by atoms with Crippen molar-refractivity contribution in [3.8, 4) is 11.5 Å². The van der Waals surface area contributed by atoms with E-state index in [0.29, 0.717) is 0 Å². The lowest BCUT2D eigenvalue weighted by Crippen LogP contribution is -2.19. The first-order chi connectivity index (χ1) is 11.9. The lowest BCUT2D eigenvalue weighted by molar-refractivity contribution is -0.0550. The molecule has 0 heterocycles. The van der Waals surface area contributed by atoms with Gasteiger partial charge in [-0.3, -0.25) is 0 Å². The second-order valence-corrected chi connectivity index (χ2v) is 6.91. The summed E-state index contributed by atoms with van der Waals surface area (Å²) in [5.41, 5.74) is 0. The van der Waals surface area contributed by atoms with Gasteiger partial charge in [0.15, 0.2) is 0 Å². The summed E-state index contributed by atoms with van der Waals surface area (Å²) in [6, 6.07) is 10.7. The molecule has 2 atom stereocenters. The number of rotatable bonds is 8. The van der Waals surface area contributed by atoms with Crippen LogP contribution in [-0.4, -0.2) is 54.6 Å². The Balaban J connectivity index is 2.17. The van der Waals surface area contributed by atoms with Gasteiger partial charge in [-0.15, -0.1) is 0 Å².